The molecule has 1 saturated heterocycles. The quantitative estimate of drug-likeness (QED) is 0.623. The largest absolute Gasteiger partial charge is 0.550 e. The summed E-state index contributed by atoms with van der Waals surface area (Å²) in [5, 5.41) is 13.4. The molecular weight excluding hydrogens is 216 g/mol. The molecule has 1 rings (SSSR count). The summed E-state index contributed by atoms with van der Waals surface area (Å²) < 4.78 is 0. The van der Waals surface area contributed by atoms with E-state index in [0.717, 1.165) is 12.8 Å². The molecule has 0 aliphatic carbocycles. The van der Waals surface area contributed by atoms with E-state index in [9.17, 15) is 14.7 Å². The predicted molar refractivity (Wildman–Crippen MR) is 56.4 cm³/mol. The molecular formula is C9H13N2O3S-. The highest BCUT2D eigenvalue weighted by Crippen LogP contribution is 2.09. The highest BCUT2D eigenvalue weighted by Gasteiger charge is 2.15. The second-order valence-corrected chi connectivity index (χ2v) is 4.17. The fraction of sp³-hybridized carbons (Fsp3) is 0.667. The lowest BCUT2D eigenvalue weighted by atomic mass is 10.2. The Balaban J connectivity index is 2.01. The van der Waals surface area contributed by atoms with E-state index >= 15 is 0 Å². The Morgan fingerprint density at radius 2 is 2.27 bits per heavy atom. The summed E-state index contributed by atoms with van der Waals surface area (Å²) in [6.07, 6.45) is 2.41. The molecule has 0 aromatic rings. The summed E-state index contributed by atoms with van der Waals surface area (Å²) in [4.78, 5) is 25.0. The van der Waals surface area contributed by atoms with Crippen LogP contribution in [0.4, 0.5) is 0 Å². The van der Waals surface area contributed by atoms with Crippen molar-refractivity contribution in [1.82, 2.24) is 5.32 Å². The molecule has 0 unspecified atom stereocenters. The molecule has 1 amide bonds. The Morgan fingerprint density at radius 1 is 1.47 bits per heavy atom. The number of unbranched alkanes of at least 4 members (excludes halogenated alkanes) is 2. The number of nitrogens with zero attached hydrogens (tertiary/aromatic N) is 1. The molecule has 1 fully saturated rings. The second-order valence-electron chi connectivity index (χ2n) is 3.21. The van der Waals surface area contributed by atoms with Crippen LogP contribution in [0.25, 0.3) is 0 Å². The van der Waals surface area contributed by atoms with E-state index in [2.05, 4.69) is 10.3 Å². The molecule has 0 atom stereocenters. The number of carbonyl (C=O) groups is 2. The lowest BCUT2D eigenvalue weighted by molar-refractivity contribution is -0.305. The van der Waals surface area contributed by atoms with Crippen molar-refractivity contribution in [3.05, 3.63) is 0 Å². The van der Waals surface area contributed by atoms with Crippen LogP contribution in [-0.4, -0.2) is 29.3 Å². The molecule has 1 aliphatic rings. The summed E-state index contributed by atoms with van der Waals surface area (Å²) >= 11 is 1.40. The highest BCUT2D eigenvalue weighted by molar-refractivity contribution is 8.15. The molecule has 0 radical (unpaired) electrons. The van der Waals surface area contributed by atoms with Crippen molar-refractivity contribution in [2.24, 2.45) is 4.99 Å². The first-order valence-electron chi connectivity index (χ1n) is 4.85. The van der Waals surface area contributed by atoms with Gasteiger partial charge in [-0.3, -0.25) is 9.79 Å². The van der Waals surface area contributed by atoms with E-state index in [1.807, 2.05) is 0 Å². The molecule has 0 aromatic heterocycles. The van der Waals surface area contributed by atoms with Gasteiger partial charge in [-0.25, -0.2) is 0 Å². The number of amides is 1. The van der Waals surface area contributed by atoms with E-state index in [1.54, 1.807) is 0 Å². The van der Waals surface area contributed by atoms with E-state index in [-0.39, 0.29) is 12.3 Å². The minimum atomic E-state index is -1.00. The fourth-order valence-corrected chi connectivity index (χ4v) is 1.86. The Kier molecular flexibility index (Phi) is 5.17. The summed E-state index contributed by atoms with van der Waals surface area (Å²) in [6, 6.07) is 0. The minimum absolute atomic E-state index is 0.00398. The van der Waals surface area contributed by atoms with Gasteiger partial charge in [-0.1, -0.05) is 18.2 Å². The van der Waals surface area contributed by atoms with Crippen molar-refractivity contribution >= 4 is 28.8 Å². The van der Waals surface area contributed by atoms with E-state index in [4.69, 9.17) is 0 Å². The third-order valence-corrected chi connectivity index (χ3v) is 2.79. The number of rotatable bonds is 6. The standard InChI is InChI=1S/C9H14N2O3S/c12-7-6-15-9(11-7)10-5-3-1-2-4-8(13)14/h1-6H2,(H,13,14)(H,10,11,12)/p-1. The van der Waals surface area contributed by atoms with Crippen molar-refractivity contribution in [3.63, 3.8) is 0 Å². The topological polar surface area (TPSA) is 81.6 Å². The zero-order valence-corrected chi connectivity index (χ0v) is 9.14. The van der Waals surface area contributed by atoms with Gasteiger partial charge < -0.3 is 15.2 Å². The highest BCUT2D eigenvalue weighted by atomic mass is 32.2. The molecule has 84 valence electrons. The van der Waals surface area contributed by atoms with Crippen LogP contribution < -0.4 is 10.4 Å². The van der Waals surface area contributed by atoms with Crippen LogP contribution in [0, 0.1) is 0 Å². The fourth-order valence-electron chi connectivity index (χ4n) is 1.15. The number of hydrogen-bond acceptors (Lipinski definition) is 5. The number of carbonyl (C=O) groups excluding carboxylic acids is 2. The van der Waals surface area contributed by atoms with E-state index < -0.39 is 5.97 Å². The van der Waals surface area contributed by atoms with Gasteiger partial charge in [-0.15, -0.1) is 0 Å². The number of aliphatic carboxylic acids is 1. The van der Waals surface area contributed by atoms with Gasteiger partial charge in [0.25, 0.3) is 0 Å². The third-order valence-electron chi connectivity index (χ3n) is 1.88. The lowest BCUT2D eigenvalue weighted by Crippen LogP contribution is -2.21. The maximum Gasteiger partial charge on any atom is 0.236 e. The van der Waals surface area contributed by atoms with Gasteiger partial charge in [0.1, 0.15) is 0 Å². The lowest BCUT2D eigenvalue weighted by Gasteiger charge is -2.00. The van der Waals surface area contributed by atoms with Gasteiger partial charge in [0.05, 0.1) is 5.75 Å². The molecule has 0 saturated carbocycles. The molecule has 5 nitrogen and oxygen atoms in total. The number of aliphatic imine (C=N–C) groups is 1. The summed E-state index contributed by atoms with van der Waals surface area (Å²) in [6.45, 7) is 0.635. The Bertz CT molecular complexity index is 279. The monoisotopic (exact) mass is 229 g/mol. The van der Waals surface area contributed by atoms with Crippen LogP contribution in [0.15, 0.2) is 4.99 Å². The van der Waals surface area contributed by atoms with Crippen LogP contribution in [0.5, 0.6) is 0 Å². The van der Waals surface area contributed by atoms with Crippen molar-refractivity contribution in [2.75, 3.05) is 12.3 Å². The molecule has 15 heavy (non-hydrogen) atoms. The average Bonchev–Trinajstić information content (AvgIpc) is 2.57. The number of carboxylic acids is 1. The molecule has 0 bridgehead atoms. The van der Waals surface area contributed by atoms with Gasteiger partial charge in [0, 0.05) is 12.5 Å². The molecule has 1 N–H and O–H groups in total. The zero-order valence-electron chi connectivity index (χ0n) is 8.32. The Labute approximate surface area is 92.3 Å². The first-order valence-corrected chi connectivity index (χ1v) is 5.84. The minimum Gasteiger partial charge on any atom is -0.550 e. The van der Waals surface area contributed by atoms with E-state index in [0.29, 0.717) is 23.9 Å². The van der Waals surface area contributed by atoms with Crippen LogP contribution in [0.3, 0.4) is 0 Å². The Morgan fingerprint density at radius 3 is 2.87 bits per heavy atom. The third kappa shape index (κ3) is 5.41. The smallest absolute Gasteiger partial charge is 0.236 e. The van der Waals surface area contributed by atoms with Crippen LogP contribution in [0.2, 0.25) is 0 Å². The van der Waals surface area contributed by atoms with Crippen LogP contribution in [-0.2, 0) is 9.59 Å². The SMILES string of the molecule is O=C([O-])CCCCCN=C1NC(=O)CS1. The van der Waals surface area contributed by atoms with Gasteiger partial charge in [-0.2, -0.15) is 0 Å². The maximum absolute atomic E-state index is 10.8. The normalized spacial score (nSPS) is 18.1. The first kappa shape index (κ1) is 12.0. The van der Waals surface area contributed by atoms with Crippen molar-refractivity contribution < 1.29 is 14.7 Å². The first-order chi connectivity index (χ1) is 7.18. The zero-order chi connectivity index (χ0) is 11.1. The van der Waals surface area contributed by atoms with Crippen LogP contribution >= 0.6 is 11.8 Å². The van der Waals surface area contributed by atoms with Crippen LogP contribution in [0.1, 0.15) is 25.7 Å². The second kappa shape index (κ2) is 6.44. The van der Waals surface area contributed by atoms with Crippen molar-refractivity contribution in [2.45, 2.75) is 25.7 Å². The summed E-state index contributed by atoms with van der Waals surface area (Å²) in [5.74, 6) is -0.556. The van der Waals surface area contributed by atoms with Gasteiger partial charge in [0.2, 0.25) is 5.91 Å². The summed E-state index contributed by atoms with van der Waals surface area (Å²) in [5.41, 5.74) is 0. The number of hydrogen-bond donors (Lipinski definition) is 1. The van der Waals surface area contributed by atoms with Crippen molar-refractivity contribution in [3.8, 4) is 0 Å². The number of amidine groups is 1. The summed E-state index contributed by atoms with van der Waals surface area (Å²) in [7, 11) is 0. The van der Waals surface area contributed by atoms with E-state index in [1.165, 1.54) is 11.8 Å². The molecule has 1 heterocycles. The predicted octanol–water partition coefficient (Wildman–Crippen LogP) is -0.484. The average molecular weight is 229 g/mol. The molecule has 0 spiro atoms. The molecule has 6 heteroatoms. The Hall–Kier alpha value is -1.04. The van der Waals surface area contributed by atoms with Gasteiger partial charge in [0.15, 0.2) is 5.17 Å². The number of carboxylic acid groups (broad SMARTS) is 1. The van der Waals surface area contributed by atoms with Gasteiger partial charge in [-0.05, 0) is 19.3 Å². The van der Waals surface area contributed by atoms with Crippen molar-refractivity contribution in [1.29, 1.82) is 0 Å². The number of thioether (sulfide) groups is 1. The molecule has 0 aromatic carbocycles. The molecule has 1 aliphatic heterocycles. The number of nitrogens with one attached hydrogen (secondary N) is 1. The van der Waals surface area contributed by atoms with Gasteiger partial charge >= 0.3 is 0 Å². The maximum atomic E-state index is 10.8.